The fraction of sp³-hybridized carbons (Fsp3) is 0.474. The van der Waals surface area contributed by atoms with Gasteiger partial charge in [-0.15, -0.1) is 0 Å². The highest BCUT2D eigenvalue weighted by molar-refractivity contribution is 5.95. The average Bonchev–Trinajstić information content (AvgIpc) is 3.11. The predicted molar refractivity (Wildman–Crippen MR) is 103 cm³/mol. The summed E-state index contributed by atoms with van der Waals surface area (Å²) in [7, 11) is 1.81. The van der Waals surface area contributed by atoms with E-state index < -0.39 is 0 Å². The number of ketones is 1. The standard InChI is InChI=1S/C19H26N6O2/c1-14-12-20-6-5-16(14)21-7-8-23-19(27)25-10-3-4-15(13-25)17(26)18-22-9-11-24(18)2/h5-6,9,11-12,15H,3-4,7-8,10,13H2,1-2H3,(H,20,21)(H,23,27). The van der Waals surface area contributed by atoms with Crippen LogP contribution in [0.15, 0.2) is 30.9 Å². The minimum Gasteiger partial charge on any atom is -0.383 e. The zero-order chi connectivity index (χ0) is 19.2. The van der Waals surface area contributed by atoms with Gasteiger partial charge in [0.1, 0.15) is 0 Å². The maximum absolute atomic E-state index is 12.6. The number of carbonyl (C=O) groups is 2. The van der Waals surface area contributed by atoms with Crippen molar-refractivity contribution in [1.29, 1.82) is 0 Å². The Labute approximate surface area is 159 Å². The SMILES string of the molecule is Cc1cnccc1NCCNC(=O)N1CCCC(C(=O)c2nccn2C)C1. The Morgan fingerprint density at radius 3 is 2.89 bits per heavy atom. The molecule has 3 rings (SSSR count). The maximum atomic E-state index is 12.6. The second kappa shape index (κ2) is 8.66. The van der Waals surface area contributed by atoms with E-state index in [1.165, 1.54) is 0 Å². The second-order valence-corrected chi connectivity index (χ2v) is 6.86. The van der Waals surface area contributed by atoms with E-state index >= 15 is 0 Å². The fourth-order valence-electron chi connectivity index (χ4n) is 3.31. The van der Waals surface area contributed by atoms with Gasteiger partial charge < -0.3 is 20.1 Å². The molecule has 0 saturated carbocycles. The van der Waals surface area contributed by atoms with Gasteiger partial charge in [0.25, 0.3) is 0 Å². The summed E-state index contributed by atoms with van der Waals surface area (Å²) in [5.74, 6) is 0.275. The van der Waals surface area contributed by atoms with Gasteiger partial charge in [-0.05, 0) is 31.4 Å². The number of likely N-dealkylation sites (tertiary alicyclic amines) is 1. The molecule has 1 aliphatic heterocycles. The first-order valence-corrected chi connectivity index (χ1v) is 9.25. The van der Waals surface area contributed by atoms with Crippen LogP contribution >= 0.6 is 0 Å². The van der Waals surface area contributed by atoms with Gasteiger partial charge >= 0.3 is 6.03 Å². The van der Waals surface area contributed by atoms with E-state index in [9.17, 15) is 9.59 Å². The Balaban J connectivity index is 1.46. The molecule has 2 aromatic heterocycles. The van der Waals surface area contributed by atoms with Crippen LogP contribution in [0, 0.1) is 12.8 Å². The summed E-state index contributed by atoms with van der Waals surface area (Å²) in [5.41, 5.74) is 2.08. The number of rotatable bonds is 6. The van der Waals surface area contributed by atoms with E-state index in [4.69, 9.17) is 0 Å². The quantitative estimate of drug-likeness (QED) is 0.598. The van der Waals surface area contributed by atoms with Crippen LogP contribution in [0.5, 0.6) is 0 Å². The molecule has 2 N–H and O–H groups in total. The van der Waals surface area contributed by atoms with E-state index in [-0.39, 0.29) is 17.7 Å². The van der Waals surface area contributed by atoms with Crippen LogP contribution in [0.1, 0.15) is 29.0 Å². The van der Waals surface area contributed by atoms with Crippen LogP contribution in [-0.4, -0.2) is 57.4 Å². The number of Topliss-reactive ketones (excluding diaryl/α,β-unsaturated/α-hetero) is 1. The van der Waals surface area contributed by atoms with Crippen molar-refractivity contribution < 1.29 is 9.59 Å². The van der Waals surface area contributed by atoms with E-state index in [0.29, 0.717) is 32.0 Å². The molecule has 27 heavy (non-hydrogen) atoms. The summed E-state index contributed by atoms with van der Waals surface area (Å²) in [4.78, 5) is 35.0. The highest BCUT2D eigenvalue weighted by atomic mass is 16.2. The Morgan fingerprint density at radius 2 is 2.15 bits per heavy atom. The van der Waals surface area contributed by atoms with Gasteiger partial charge in [0, 0.05) is 69.6 Å². The molecule has 1 atom stereocenters. The molecule has 144 valence electrons. The number of imidazole rings is 1. The van der Waals surface area contributed by atoms with Gasteiger partial charge in [0.15, 0.2) is 5.82 Å². The van der Waals surface area contributed by atoms with Crippen molar-refractivity contribution in [3.05, 3.63) is 42.2 Å². The number of urea groups is 1. The molecule has 0 aromatic carbocycles. The number of carbonyl (C=O) groups excluding carboxylic acids is 2. The molecule has 0 radical (unpaired) electrons. The zero-order valence-corrected chi connectivity index (χ0v) is 15.8. The number of piperidine rings is 1. The minimum absolute atomic E-state index is 0.00910. The van der Waals surface area contributed by atoms with Gasteiger partial charge in [-0.3, -0.25) is 9.78 Å². The van der Waals surface area contributed by atoms with Gasteiger partial charge in [0.05, 0.1) is 0 Å². The molecule has 1 fully saturated rings. The number of nitrogens with zero attached hydrogens (tertiary/aromatic N) is 4. The third-order valence-electron chi connectivity index (χ3n) is 4.86. The van der Waals surface area contributed by atoms with Crippen molar-refractivity contribution >= 4 is 17.5 Å². The topological polar surface area (TPSA) is 92.2 Å². The van der Waals surface area contributed by atoms with Gasteiger partial charge in [-0.25, -0.2) is 9.78 Å². The van der Waals surface area contributed by atoms with Gasteiger partial charge in [0.2, 0.25) is 5.78 Å². The third-order valence-corrected chi connectivity index (χ3v) is 4.86. The van der Waals surface area contributed by atoms with Gasteiger partial charge in [-0.1, -0.05) is 0 Å². The van der Waals surface area contributed by atoms with Crippen molar-refractivity contribution in [2.45, 2.75) is 19.8 Å². The Kier molecular flexibility index (Phi) is 6.05. The lowest BCUT2D eigenvalue weighted by Gasteiger charge is -2.31. The molecule has 1 saturated heterocycles. The number of hydrogen-bond donors (Lipinski definition) is 2. The summed E-state index contributed by atoms with van der Waals surface area (Å²) in [6.45, 7) is 4.23. The first-order valence-electron chi connectivity index (χ1n) is 9.25. The zero-order valence-electron chi connectivity index (χ0n) is 15.8. The molecule has 8 heteroatoms. The number of amides is 2. The van der Waals surface area contributed by atoms with Crippen molar-refractivity contribution in [2.75, 3.05) is 31.5 Å². The molecular weight excluding hydrogens is 344 g/mol. The van der Waals surface area contributed by atoms with E-state index in [1.807, 2.05) is 20.0 Å². The van der Waals surface area contributed by atoms with E-state index in [0.717, 1.165) is 24.1 Å². The molecule has 2 amide bonds. The Bertz CT molecular complexity index is 803. The van der Waals surface area contributed by atoms with Crippen molar-refractivity contribution in [1.82, 2.24) is 24.8 Å². The van der Waals surface area contributed by atoms with Crippen LogP contribution < -0.4 is 10.6 Å². The monoisotopic (exact) mass is 370 g/mol. The van der Waals surface area contributed by atoms with Crippen molar-refractivity contribution in [3.63, 3.8) is 0 Å². The number of aryl methyl sites for hydroxylation is 2. The van der Waals surface area contributed by atoms with Crippen LogP contribution in [0.25, 0.3) is 0 Å². The average molecular weight is 370 g/mol. The number of hydrogen-bond acceptors (Lipinski definition) is 5. The summed E-state index contributed by atoms with van der Waals surface area (Å²) >= 11 is 0. The third kappa shape index (κ3) is 4.64. The van der Waals surface area contributed by atoms with Crippen LogP contribution in [0.3, 0.4) is 0 Å². The summed E-state index contributed by atoms with van der Waals surface area (Å²) in [6.07, 6.45) is 8.53. The molecular formula is C19H26N6O2. The molecule has 8 nitrogen and oxygen atoms in total. The Hall–Kier alpha value is -2.90. The highest BCUT2D eigenvalue weighted by Crippen LogP contribution is 2.20. The molecule has 0 bridgehead atoms. The molecule has 1 aliphatic rings. The normalized spacial score (nSPS) is 16.8. The van der Waals surface area contributed by atoms with E-state index in [2.05, 4.69) is 20.6 Å². The van der Waals surface area contributed by atoms with Crippen LogP contribution in [0.4, 0.5) is 10.5 Å². The number of anilines is 1. The lowest BCUT2D eigenvalue weighted by Crippen LogP contribution is -2.48. The smallest absolute Gasteiger partial charge is 0.317 e. The van der Waals surface area contributed by atoms with Gasteiger partial charge in [-0.2, -0.15) is 0 Å². The van der Waals surface area contributed by atoms with Crippen LogP contribution in [-0.2, 0) is 7.05 Å². The van der Waals surface area contributed by atoms with Crippen molar-refractivity contribution in [3.8, 4) is 0 Å². The first kappa shape index (κ1) is 18.9. The summed E-state index contributed by atoms with van der Waals surface area (Å²) in [6, 6.07) is 1.79. The first-order chi connectivity index (χ1) is 13.1. The van der Waals surface area contributed by atoms with Crippen molar-refractivity contribution in [2.24, 2.45) is 13.0 Å². The lowest BCUT2D eigenvalue weighted by atomic mass is 9.93. The Morgan fingerprint density at radius 1 is 1.30 bits per heavy atom. The van der Waals surface area contributed by atoms with E-state index in [1.54, 1.807) is 34.3 Å². The minimum atomic E-state index is -0.191. The lowest BCUT2D eigenvalue weighted by molar-refractivity contribution is 0.0832. The molecule has 1 unspecified atom stereocenters. The number of pyridine rings is 1. The molecule has 0 spiro atoms. The molecule has 2 aromatic rings. The number of aromatic nitrogens is 3. The second-order valence-electron chi connectivity index (χ2n) is 6.86. The van der Waals surface area contributed by atoms with Crippen LogP contribution in [0.2, 0.25) is 0 Å². The predicted octanol–water partition coefficient (Wildman–Crippen LogP) is 1.84. The fourth-order valence-corrected chi connectivity index (χ4v) is 3.31. The maximum Gasteiger partial charge on any atom is 0.317 e. The highest BCUT2D eigenvalue weighted by Gasteiger charge is 2.30. The largest absolute Gasteiger partial charge is 0.383 e. The summed E-state index contributed by atoms with van der Waals surface area (Å²) in [5, 5.41) is 6.21. The molecule has 3 heterocycles. The molecule has 0 aliphatic carbocycles. The number of nitrogens with one attached hydrogen (secondary N) is 2. The summed E-state index contributed by atoms with van der Waals surface area (Å²) < 4.78 is 1.73.